The van der Waals surface area contributed by atoms with Crippen molar-refractivity contribution in [2.75, 3.05) is 19.0 Å². The van der Waals surface area contributed by atoms with Crippen molar-refractivity contribution >= 4 is 23.0 Å². The Morgan fingerprint density at radius 3 is 2.41 bits per heavy atom. The highest BCUT2D eigenvalue weighted by atomic mass is 32.1. The van der Waals surface area contributed by atoms with Gasteiger partial charge in [0.15, 0.2) is 5.11 Å². The Labute approximate surface area is 109 Å². The molecule has 94 valence electrons. The van der Waals surface area contributed by atoms with Crippen LogP contribution >= 0.6 is 12.2 Å². The Morgan fingerprint density at radius 2 is 1.88 bits per heavy atom. The van der Waals surface area contributed by atoms with E-state index in [1.807, 2.05) is 6.92 Å². The molecule has 0 aromatic heterocycles. The van der Waals surface area contributed by atoms with E-state index in [1.54, 1.807) is 7.11 Å². The van der Waals surface area contributed by atoms with Crippen molar-refractivity contribution in [1.82, 2.24) is 5.32 Å². The highest BCUT2D eigenvalue weighted by Crippen LogP contribution is 2.13. The van der Waals surface area contributed by atoms with Crippen molar-refractivity contribution in [1.29, 1.82) is 0 Å². The first kappa shape index (κ1) is 13.9. The lowest BCUT2D eigenvalue weighted by atomic mass is 10.1. The van der Waals surface area contributed by atoms with Gasteiger partial charge >= 0.3 is 0 Å². The lowest BCUT2D eigenvalue weighted by Crippen LogP contribution is -2.38. The molecule has 0 heterocycles. The van der Waals surface area contributed by atoms with Gasteiger partial charge in [-0.15, -0.1) is 0 Å². The maximum absolute atomic E-state index is 5.24. The Balaban J connectivity index is 2.56. The van der Waals surface area contributed by atoms with Crippen LogP contribution in [0.5, 0.6) is 0 Å². The molecule has 1 aromatic rings. The quantitative estimate of drug-likeness (QED) is 0.807. The van der Waals surface area contributed by atoms with E-state index in [0.717, 1.165) is 5.69 Å². The molecule has 3 nitrogen and oxygen atoms in total. The molecule has 1 aromatic carbocycles. The summed E-state index contributed by atoms with van der Waals surface area (Å²) in [5.41, 5.74) is 3.46. The molecule has 0 aliphatic heterocycles. The number of aryl methyl sites for hydroxylation is 2. The highest BCUT2D eigenvalue weighted by molar-refractivity contribution is 7.80. The van der Waals surface area contributed by atoms with E-state index in [2.05, 4.69) is 42.7 Å². The lowest BCUT2D eigenvalue weighted by molar-refractivity contribution is 0.179. The van der Waals surface area contributed by atoms with Crippen LogP contribution in [0.4, 0.5) is 5.69 Å². The smallest absolute Gasteiger partial charge is 0.171 e. The first-order chi connectivity index (χ1) is 8.01. The van der Waals surface area contributed by atoms with Crippen LogP contribution in [0, 0.1) is 13.8 Å². The van der Waals surface area contributed by atoms with E-state index in [4.69, 9.17) is 17.0 Å². The highest BCUT2D eigenvalue weighted by Gasteiger charge is 2.04. The van der Waals surface area contributed by atoms with Gasteiger partial charge in [-0.05, 0) is 56.2 Å². The molecule has 17 heavy (non-hydrogen) atoms. The van der Waals surface area contributed by atoms with E-state index in [0.29, 0.717) is 11.7 Å². The number of ether oxygens (including phenoxy) is 1. The van der Waals surface area contributed by atoms with Crippen LogP contribution in [-0.2, 0) is 4.74 Å². The number of thiocarbonyl (C=S) groups is 1. The van der Waals surface area contributed by atoms with Crippen LogP contribution in [0.25, 0.3) is 0 Å². The molecular weight excluding hydrogens is 232 g/mol. The van der Waals surface area contributed by atoms with Crippen molar-refractivity contribution in [3.05, 3.63) is 29.3 Å². The fraction of sp³-hybridized carbons (Fsp3) is 0.462. The minimum Gasteiger partial charge on any atom is -0.383 e. The summed E-state index contributed by atoms with van der Waals surface area (Å²) in [6, 6.07) is 6.48. The molecule has 0 amide bonds. The topological polar surface area (TPSA) is 33.3 Å². The standard InChI is InChI=1S/C13H20N2OS/c1-9-5-10(2)7-12(6-9)15-13(17)14-11(3)8-16-4/h5-7,11H,8H2,1-4H3,(H2,14,15,17). The van der Waals surface area contributed by atoms with Crippen LogP contribution < -0.4 is 10.6 Å². The summed E-state index contributed by atoms with van der Waals surface area (Å²) in [4.78, 5) is 0. The molecule has 4 heteroatoms. The number of anilines is 1. The maximum atomic E-state index is 5.24. The molecule has 1 atom stereocenters. The molecule has 0 bridgehead atoms. The van der Waals surface area contributed by atoms with E-state index < -0.39 is 0 Å². The SMILES string of the molecule is COCC(C)NC(=S)Nc1cc(C)cc(C)c1. The third-order valence-electron chi connectivity index (χ3n) is 2.27. The zero-order valence-electron chi connectivity index (χ0n) is 10.8. The molecule has 0 radical (unpaired) electrons. The molecule has 0 spiro atoms. The van der Waals surface area contributed by atoms with Gasteiger partial charge in [0.2, 0.25) is 0 Å². The average molecular weight is 252 g/mol. The Morgan fingerprint density at radius 1 is 1.29 bits per heavy atom. The maximum Gasteiger partial charge on any atom is 0.171 e. The van der Waals surface area contributed by atoms with Crippen LogP contribution in [-0.4, -0.2) is 24.9 Å². The van der Waals surface area contributed by atoms with Gasteiger partial charge in [0.1, 0.15) is 0 Å². The van der Waals surface area contributed by atoms with Gasteiger partial charge in [0.25, 0.3) is 0 Å². The van der Waals surface area contributed by atoms with Crippen LogP contribution in [0.1, 0.15) is 18.1 Å². The third-order valence-corrected chi connectivity index (χ3v) is 2.49. The molecule has 1 rings (SSSR count). The summed E-state index contributed by atoms with van der Waals surface area (Å²) in [7, 11) is 1.68. The minimum atomic E-state index is 0.200. The number of rotatable bonds is 4. The summed E-state index contributed by atoms with van der Waals surface area (Å²) in [6.45, 7) is 6.80. The van der Waals surface area contributed by atoms with Crippen LogP contribution in [0.3, 0.4) is 0 Å². The van der Waals surface area contributed by atoms with Gasteiger partial charge in [-0.1, -0.05) is 6.07 Å². The average Bonchev–Trinajstić information content (AvgIpc) is 2.14. The third kappa shape index (κ3) is 5.15. The number of hydrogen-bond acceptors (Lipinski definition) is 2. The predicted molar refractivity (Wildman–Crippen MR) is 76.6 cm³/mol. The summed E-state index contributed by atoms with van der Waals surface area (Å²) < 4.78 is 5.04. The molecule has 0 aliphatic rings. The van der Waals surface area contributed by atoms with Crippen molar-refractivity contribution in [2.24, 2.45) is 0 Å². The number of benzene rings is 1. The first-order valence-corrected chi connectivity index (χ1v) is 6.07. The van der Waals surface area contributed by atoms with Crippen molar-refractivity contribution in [3.63, 3.8) is 0 Å². The second-order valence-corrected chi connectivity index (χ2v) is 4.74. The van der Waals surface area contributed by atoms with Gasteiger partial charge in [-0.2, -0.15) is 0 Å². The van der Waals surface area contributed by atoms with E-state index in [-0.39, 0.29) is 6.04 Å². The normalized spacial score (nSPS) is 12.0. The van der Waals surface area contributed by atoms with E-state index >= 15 is 0 Å². The fourth-order valence-electron chi connectivity index (χ4n) is 1.73. The zero-order chi connectivity index (χ0) is 12.8. The van der Waals surface area contributed by atoms with Gasteiger partial charge in [-0.25, -0.2) is 0 Å². The minimum absolute atomic E-state index is 0.200. The second-order valence-electron chi connectivity index (χ2n) is 4.33. The predicted octanol–water partition coefficient (Wildman–Crippen LogP) is 2.62. The Kier molecular flexibility index (Phi) is 5.38. The second kappa shape index (κ2) is 6.57. The van der Waals surface area contributed by atoms with Gasteiger partial charge in [-0.3, -0.25) is 0 Å². The van der Waals surface area contributed by atoms with Crippen molar-refractivity contribution < 1.29 is 4.74 Å². The summed E-state index contributed by atoms with van der Waals surface area (Å²) in [6.07, 6.45) is 0. The van der Waals surface area contributed by atoms with Gasteiger partial charge in [0, 0.05) is 18.8 Å². The summed E-state index contributed by atoms with van der Waals surface area (Å²) in [5, 5.41) is 6.97. The van der Waals surface area contributed by atoms with Gasteiger partial charge in [0.05, 0.1) is 6.61 Å². The molecule has 2 N–H and O–H groups in total. The molecule has 0 fully saturated rings. The van der Waals surface area contributed by atoms with Crippen LogP contribution in [0.15, 0.2) is 18.2 Å². The Hall–Kier alpha value is -1.13. The summed E-state index contributed by atoms with van der Waals surface area (Å²) in [5.74, 6) is 0. The number of hydrogen-bond donors (Lipinski definition) is 2. The first-order valence-electron chi connectivity index (χ1n) is 5.66. The zero-order valence-corrected chi connectivity index (χ0v) is 11.6. The fourth-order valence-corrected chi connectivity index (χ4v) is 2.05. The lowest BCUT2D eigenvalue weighted by Gasteiger charge is -2.16. The van der Waals surface area contributed by atoms with Crippen molar-refractivity contribution in [2.45, 2.75) is 26.8 Å². The number of methoxy groups -OCH3 is 1. The molecule has 0 aliphatic carbocycles. The number of nitrogens with one attached hydrogen (secondary N) is 2. The van der Waals surface area contributed by atoms with Crippen LogP contribution in [0.2, 0.25) is 0 Å². The molecular formula is C13H20N2OS. The molecule has 1 unspecified atom stereocenters. The Bertz CT molecular complexity index is 373. The summed E-state index contributed by atoms with van der Waals surface area (Å²) >= 11 is 5.24. The molecule has 0 saturated carbocycles. The van der Waals surface area contributed by atoms with Gasteiger partial charge < -0.3 is 15.4 Å². The van der Waals surface area contributed by atoms with Crippen molar-refractivity contribution in [3.8, 4) is 0 Å². The van der Waals surface area contributed by atoms with E-state index in [1.165, 1.54) is 11.1 Å². The largest absolute Gasteiger partial charge is 0.383 e. The molecule has 0 saturated heterocycles. The van der Waals surface area contributed by atoms with E-state index in [9.17, 15) is 0 Å². The monoisotopic (exact) mass is 252 g/mol.